The van der Waals surface area contributed by atoms with E-state index in [2.05, 4.69) is 4.98 Å². The van der Waals surface area contributed by atoms with Crippen LogP contribution in [0.25, 0.3) is 0 Å². The van der Waals surface area contributed by atoms with Crippen LogP contribution in [-0.2, 0) is 9.59 Å². The quantitative estimate of drug-likeness (QED) is 0.824. The lowest BCUT2D eigenvalue weighted by Crippen LogP contribution is -2.54. The molecule has 2 aliphatic rings. The Morgan fingerprint density at radius 1 is 1.23 bits per heavy atom. The monoisotopic (exact) mass is 359 g/mol. The number of hydrogen-bond donors (Lipinski definition) is 1. The van der Waals surface area contributed by atoms with Gasteiger partial charge in [0.05, 0.1) is 11.5 Å². The standard InChI is InChI=1S/C18H25N5O3/c1-18(2)13(11-14(24)21(18)3)17(26)23-9-7-22(8-10-23)16-12(15(19)25)5-4-6-20-16/h4-6,13H,7-11H2,1-3H3,(H2,19,25)/t13-/m1/s1. The number of hydrogen-bond acceptors (Lipinski definition) is 5. The molecule has 0 saturated carbocycles. The van der Waals surface area contributed by atoms with E-state index in [1.54, 1.807) is 30.3 Å². The maximum absolute atomic E-state index is 13.0. The van der Waals surface area contributed by atoms with Crippen molar-refractivity contribution in [2.75, 3.05) is 38.1 Å². The molecule has 140 valence electrons. The molecule has 2 saturated heterocycles. The number of likely N-dealkylation sites (tertiary alicyclic amines) is 1. The smallest absolute Gasteiger partial charge is 0.252 e. The molecule has 3 rings (SSSR count). The molecule has 8 nitrogen and oxygen atoms in total. The molecule has 2 aliphatic heterocycles. The number of piperazine rings is 1. The van der Waals surface area contributed by atoms with Crippen LogP contribution in [0.2, 0.25) is 0 Å². The first kappa shape index (κ1) is 18.2. The van der Waals surface area contributed by atoms with Gasteiger partial charge >= 0.3 is 0 Å². The van der Waals surface area contributed by atoms with Crippen molar-refractivity contribution in [2.24, 2.45) is 11.7 Å². The third-order valence-corrected chi connectivity index (χ3v) is 5.71. The molecule has 2 N–H and O–H groups in total. The highest BCUT2D eigenvalue weighted by molar-refractivity contribution is 5.97. The molecule has 3 amide bonds. The second kappa shape index (κ2) is 6.59. The Morgan fingerprint density at radius 3 is 2.42 bits per heavy atom. The summed E-state index contributed by atoms with van der Waals surface area (Å²) >= 11 is 0. The lowest BCUT2D eigenvalue weighted by molar-refractivity contribution is -0.138. The van der Waals surface area contributed by atoms with Gasteiger partial charge in [0.15, 0.2) is 0 Å². The van der Waals surface area contributed by atoms with Crippen molar-refractivity contribution in [1.29, 1.82) is 0 Å². The maximum atomic E-state index is 13.0. The van der Waals surface area contributed by atoms with E-state index in [4.69, 9.17) is 5.73 Å². The van der Waals surface area contributed by atoms with Crippen molar-refractivity contribution >= 4 is 23.5 Å². The topological polar surface area (TPSA) is 99.8 Å². The van der Waals surface area contributed by atoms with E-state index in [1.807, 2.05) is 23.6 Å². The fraction of sp³-hybridized carbons (Fsp3) is 0.556. The molecule has 8 heteroatoms. The van der Waals surface area contributed by atoms with Crippen LogP contribution in [0.3, 0.4) is 0 Å². The van der Waals surface area contributed by atoms with E-state index in [1.165, 1.54) is 0 Å². The summed E-state index contributed by atoms with van der Waals surface area (Å²) in [6.45, 7) is 6.06. The summed E-state index contributed by atoms with van der Waals surface area (Å²) < 4.78 is 0. The van der Waals surface area contributed by atoms with Crippen LogP contribution >= 0.6 is 0 Å². The Balaban J connectivity index is 1.69. The molecule has 1 atom stereocenters. The van der Waals surface area contributed by atoms with Crippen molar-refractivity contribution < 1.29 is 14.4 Å². The first-order valence-electron chi connectivity index (χ1n) is 8.78. The summed E-state index contributed by atoms with van der Waals surface area (Å²) in [7, 11) is 1.75. The van der Waals surface area contributed by atoms with Crippen LogP contribution in [-0.4, -0.2) is 71.3 Å². The molecular weight excluding hydrogens is 334 g/mol. The highest BCUT2D eigenvalue weighted by Gasteiger charge is 2.49. The van der Waals surface area contributed by atoms with E-state index < -0.39 is 11.4 Å². The predicted octanol–water partition coefficient (Wildman–Crippen LogP) is 0.0860. The average molecular weight is 359 g/mol. The van der Waals surface area contributed by atoms with Crippen molar-refractivity contribution in [3.05, 3.63) is 23.9 Å². The normalized spacial score (nSPS) is 22.7. The largest absolute Gasteiger partial charge is 0.365 e. The van der Waals surface area contributed by atoms with Crippen molar-refractivity contribution in [3.63, 3.8) is 0 Å². The summed E-state index contributed by atoms with van der Waals surface area (Å²) in [6, 6.07) is 3.34. The molecule has 0 radical (unpaired) electrons. The molecule has 1 aromatic rings. The minimum atomic E-state index is -0.513. The highest BCUT2D eigenvalue weighted by Crippen LogP contribution is 2.35. The average Bonchev–Trinajstić information content (AvgIpc) is 2.84. The second-order valence-corrected chi connectivity index (χ2v) is 7.41. The van der Waals surface area contributed by atoms with Crippen LogP contribution in [0.1, 0.15) is 30.6 Å². The molecule has 0 aromatic carbocycles. The van der Waals surface area contributed by atoms with Crippen molar-refractivity contribution in [1.82, 2.24) is 14.8 Å². The van der Waals surface area contributed by atoms with Crippen molar-refractivity contribution in [3.8, 4) is 0 Å². The van der Waals surface area contributed by atoms with Crippen molar-refractivity contribution in [2.45, 2.75) is 25.8 Å². The summed E-state index contributed by atoms with van der Waals surface area (Å²) in [6.07, 6.45) is 1.89. The third-order valence-electron chi connectivity index (χ3n) is 5.71. The van der Waals surface area contributed by atoms with Gasteiger partial charge in [0, 0.05) is 51.4 Å². The Bertz CT molecular complexity index is 740. The minimum Gasteiger partial charge on any atom is -0.365 e. The van der Waals surface area contributed by atoms with Gasteiger partial charge in [-0.1, -0.05) is 0 Å². The molecule has 0 spiro atoms. The van der Waals surface area contributed by atoms with Gasteiger partial charge in [-0.2, -0.15) is 0 Å². The van der Waals surface area contributed by atoms with E-state index in [0.29, 0.717) is 37.6 Å². The van der Waals surface area contributed by atoms with Crippen LogP contribution in [0.4, 0.5) is 5.82 Å². The summed E-state index contributed by atoms with van der Waals surface area (Å²) in [4.78, 5) is 46.3. The fourth-order valence-corrected chi connectivity index (χ4v) is 3.71. The molecular formula is C18H25N5O3. The highest BCUT2D eigenvalue weighted by atomic mass is 16.2. The fourth-order valence-electron chi connectivity index (χ4n) is 3.71. The van der Waals surface area contributed by atoms with E-state index in [0.717, 1.165) is 0 Å². The number of nitrogens with two attached hydrogens (primary N) is 1. The molecule has 3 heterocycles. The number of rotatable bonds is 3. The number of primary amides is 1. The number of pyridine rings is 1. The van der Waals surface area contributed by atoms with Crippen LogP contribution in [0.15, 0.2) is 18.3 Å². The molecule has 26 heavy (non-hydrogen) atoms. The zero-order valence-corrected chi connectivity index (χ0v) is 15.4. The van der Waals surface area contributed by atoms with Crippen LogP contribution in [0, 0.1) is 5.92 Å². The maximum Gasteiger partial charge on any atom is 0.252 e. The zero-order chi connectivity index (χ0) is 19.1. The van der Waals surface area contributed by atoms with E-state index in [9.17, 15) is 14.4 Å². The van der Waals surface area contributed by atoms with E-state index >= 15 is 0 Å². The van der Waals surface area contributed by atoms with Gasteiger partial charge in [-0.25, -0.2) is 4.98 Å². The van der Waals surface area contributed by atoms with Crippen LogP contribution < -0.4 is 10.6 Å². The lowest BCUT2D eigenvalue weighted by atomic mass is 9.87. The number of amides is 3. The second-order valence-electron chi connectivity index (χ2n) is 7.41. The predicted molar refractivity (Wildman–Crippen MR) is 96.5 cm³/mol. The Hall–Kier alpha value is -2.64. The van der Waals surface area contributed by atoms with E-state index in [-0.39, 0.29) is 24.2 Å². The Labute approximate surface area is 152 Å². The molecule has 0 aliphatic carbocycles. The van der Waals surface area contributed by atoms with Gasteiger partial charge in [-0.15, -0.1) is 0 Å². The van der Waals surface area contributed by atoms with Gasteiger partial charge in [0.1, 0.15) is 5.82 Å². The molecule has 2 fully saturated rings. The van der Waals surface area contributed by atoms with Gasteiger partial charge in [-0.3, -0.25) is 14.4 Å². The summed E-state index contributed by atoms with van der Waals surface area (Å²) in [5.41, 5.74) is 5.33. The molecule has 0 unspecified atom stereocenters. The SMILES string of the molecule is CN1C(=O)C[C@H](C(=O)N2CCN(c3ncccc3C(N)=O)CC2)C1(C)C. The van der Waals surface area contributed by atoms with Crippen LogP contribution in [0.5, 0.6) is 0 Å². The first-order chi connectivity index (χ1) is 12.2. The van der Waals surface area contributed by atoms with Gasteiger partial charge in [0.25, 0.3) is 5.91 Å². The third kappa shape index (κ3) is 3.00. The number of carbonyl (C=O) groups excluding carboxylic acids is 3. The first-order valence-corrected chi connectivity index (χ1v) is 8.78. The lowest BCUT2D eigenvalue weighted by Gasteiger charge is -2.39. The number of anilines is 1. The zero-order valence-electron chi connectivity index (χ0n) is 15.4. The van der Waals surface area contributed by atoms with Gasteiger partial charge in [-0.05, 0) is 26.0 Å². The Kier molecular flexibility index (Phi) is 4.60. The number of carbonyl (C=O) groups is 3. The molecule has 0 bridgehead atoms. The Morgan fingerprint density at radius 2 is 1.88 bits per heavy atom. The number of nitrogens with zero attached hydrogens (tertiary/aromatic N) is 4. The van der Waals surface area contributed by atoms with Gasteiger partial charge < -0.3 is 20.4 Å². The molecule has 1 aromatic heterocycles. The minimum absolute atomic E-state index is 0.00608. The summed E-state index contributed by atoms with van der Waals surface area (Å²) in [5.74, 6) is -0.262. The summed E-state index contributed by atoms with van der Waals surface area (Å²) in [5, 5.41) is 0. The number of aromatic nitrogens is 1. The van der Waals surface area contributed by atoms with Gasteiger partial charge in [0.2, 0.25) is 11.8 Å².